The van der Waals surface area contributed by atoms with Crippen molar-refractivity contribution in [3.8, 4) is 0 Å². The highest BCUT2D eigenvalue weighted by molar-refractivity contribution is 6.79. The van der Waals surface area contributed by atoms with Gasteiger partial charge in [-0.2, -0.15) is 0 Å². The lowest BCUT2D eigenvalue weighted by molar-refractivity contribution is -0.136. The van der Waals surface area contributed by atoms with Crippen molar-refractivity contribution in [2.45, 2.75) is 142 Å². The molecule has 8 nitrogen and oxygen atoms in total. The molecule has 11 heteroatoms. The summed E-state index contributed by atoms with van der Waals surface area (Å²) in [7, 11) is -2.47. The molecule has 0 aromatic carbocycles. The molecule has 0 aliphatic carbocycles. The molecule has 244 valence electrons. The predicted octanol–water partition coefficient (Wildman–Crippen LogP) is 7.77. The minimum atomic E-state index is -2.71. The van der Waals surface area contributed by atoms with E-state index in [-0.39, 0.29) is 11.9 Å². The van der Waals surface area contributed by atoms with E-state index >= 15 is 0 Å². The summed E-state index contributed by atoms with van der Waals surface area (Å²) in [5, 5.41) is 0. The van der Waals surface area contributed by atoms with Gasteiger partial charge in [-0.05, 0) is 46.2 Å². The monoisotopic (exact) mass is 635 g/mol. The summed E-state index contributed by atoms with van der Waals surface area (Å²) < 4.78 is 29.6. The maximum absolute atomic E-state index is 13.2. The smallest absolute Gasteiger partial charge is 0.500 e. The van der Waals surface area contributed by atoms with E-state index in [0.29, 0.717) is 71.8 Å². The Kier molecular flexibility index (Phi) is 18.0. The number of carbonyl (C=O) groups excluding carboxylic acids is 2. The lowest BCUT2D eigenvalue weighted by atomic mass is 10.3. The average Bonchev–Trinajstić information content (AvgIpc) is 2.88. The van der Waals surface area contributed by atoms with Crippen LogP contribution in [0.4, 0.5) is 0 Å². The van der Waals surface area contributed by atoms with E-state index < -0.39 is 25.4 Å². The Labute approximate surface area is 256 Å². The van der Waals surface area contributed by atoms with Crippen molar-refractivity contribution >= 4 is 37.4 Å². The molecule has 0 saturated heterocycles. The highest BCUT2D eigenvalue weighted by atomic mass is 28.4. The first-order valence-electron chi connectivity index (χ1n) is 15.7. The van der Waals surface area contributed by atoms with Crippen molar-refractivity contribution < 1.29 is 31.7 Å². The fraction of sp³-hybridized carbons (Fsp3) is 0.933. The molecule has 0 fully saturated rings. The molecule has 0 atom stereocenters. The van der Waals surface area contributed by atoms with Crippen LogP contribution in [-0.2, 0) is 31.7 Å². The van der Waals surface area contributed by atoms with Crippen LogP contribution < -0.4 is 0 Å². The van der Waals surface area contributed by atoms with E-state index in [1.165, 1.54) is 0 Å². The van der Waals surface area contributed by atoms with Crippen molar-refractivity contribution in [2.24, 2.45) is 0 Å². The van der Waals surface area contributed by atoms with Crippen molar-refractivity contribution in [3.63, 3.8) is 0 Å². The van der Waals surface area contributed by atoms with Crippen LogP contribution in [0.25, 0.3) is 0 Å². The summed E-state index contributed by atoms with van der Waals surface area (Å²) in [6, 6.07) is 0.649. The van der Waals surface area contributed by atoms with Crippen molar-refractivity contribution in [1.29, 1.82) is 0 Å². The topological polar surface area (TPSA) is 83.5 Å². The van der Waals surface area contributed by atoms with E-state index in [2.05, 4.69) is 88.0 Å². The number of carbonyl (C=O) groups is 2. The molecule has 0 amide bonds. The zero-order chi connectivity index (χ0) is 32.2. The van der Waals surface area contributed by atoms with Gasteiger partial charge in [0.1, 0.15) is 0 Å². The second-order valence-electron chi connectivity index (χ2n) is 13.3. The molecular weight excluding hydrogens is 571 g/mol. The maximum atomic E-state index is 13.2. The minimum Gasteiger partial charge on any atom is -0.518 e. The zero-order valence-electron chi connectivity index (χ0n) is 29.2. The van der Waals surface area contributed by atoms with Gasteiger partial charge in [0.25, 0.3) is 28.6 Å². The SMILES string of the molecule is CO[Si](CCCN(CCC(=O)O[Si](C(C)C)(C(C)C)C(C)C)CCC(=O)O[Si](C(C)C)(C(C)C)C(C)C)(OC)OC. The Bertz CT molecular complexity index is 669. The summed E-state index contributed by atoms with van der Waals surface area (Å²) in [5.74, 6) is -0.277. The Morgan fingerprint density at radius 1 is 0.537 bits per heavy atom. The van der Waals surface area contributed by atoms with Crippen LogP contribution in [0.1, 0.15) is 102 Å². The van der Waals surface area contributed by atoms with Gasteiger partial charge in [-0.25, -0.2) is 0 Å². The van der Waals surface area contributed by atoms with E-state index in [0.717, 1.165) is 6.42 Å². The van der Waals surface area contributed by atoms with Crippen LogP contribution in [0.3, 0.4) is 0 Å². The van der Waals surface area contributed by atoms with Crippen LogP contribution >= 0.6 is 0 Å². The van der Waals surface area contributed by atoms with Gasteiger partial charge in [0.15, 0.2) is 0 Å². The Balaban J connectivity index is 5.68. The summed E-state index contributed by atoms with van der Waals surface area (Å²) in [6.07, 6.45) is 1.34. The van der Waals surface area contributed by atoms with E-state index in [4.69, 9.17) is 22.1 Å². The summed E-state index contributed by atoms with van der Waals surface area (Å²) in [6.45, 7) is 27.9. The summed E-state index contributed by atoms with van der Waals surface area (Å²) in [4.78, 5) is 28.7. The quantitative estimate of drug-likeness (QED) is 0.118. The molecule has 0 saturated carbocycles. The molecule has 0 rings (SSSR count). The average molecular weight is 636 g/mol. The summed E-state index contributed by atoms with van der Waals surface area (Å²) >= 11 is 0. The molecule has 0 bridgehead atoms. The predicted molar refractivity (Wildman–Crippen MR) is 176 cm³/mol. The van der Waals surface area contributed by atoms with Crippen molar-refractivity contribution in [1.82, 2.24) is 4.90 Å². The first-order chi connectivity index (χ1) is 18.9. The number of hydrogen-bond donors (Lipinski definition) is 0. The minimum absolute atomic E-state index is 0.138. The third kappa shape index (κ3) is 10.8. The van der Waals surface area contributed by atoms with Gasteiger partial charge in [-0.15, -0.1) is 0 Å². The Morgan fingerprint density at radius 2 is 0.829 bits per heavy atom. The number of nitrogens with zero attached hydrogens (tertiary/aromatic N) is 1. The Hall–Kier alpha value is -0.569. The normalized spacial score (nSPS) is 13.5. The number of hydrogen-bond acceptors (Lipinski definition) is 8. The molecule has 41 heavy (non-hydrogen) atoms. The van der Waals surface area contributed by atoms with Crippen LogP contribution in [0, 0.1) is 0 Å². The van der Waals surface area contributed by atoms with Gasteiger partial charge in [-0.1, -0.05) is 83.1 Å². The maximum Gasteiger partial charge on any atom is 0.500 e. The first-order valence-corrected chi connectivity index (χ1v) is 21.9. The molecule has 0 aromatic heterocycles. The van der Waals surface area contributed by atoms with E-state index in [1.54, 1.807) is 21.3 Å². The largest absolute Gasteiger partial charge is 0.518 e. The molecule has 0 aromatic rings. The van der Waals surface area contributed by atoms with Gasteiger partial charge in [0.2, 0.25) is 0 Å². The van der Waals surface area contributed by atoms with Crippen LogP contribution in [0.2, 0.25) is 39.3 Å². The van der Waals surface area contributed by atoms with Crippen molar-refractivity contribution in [2.75, 3.05) is 41.0 Å². The highest BCUT2D eigenvalue weighted by Gasteiger charge is 2.49. The zero-order valence-corrected chi connectivity index (χ0v) is 32.2. The fourth-order valence-electron chi connectivity index (χ4n) is 7.11. The van der Waals surface area contributed by atoms with Gasteiger partial charge in [0, 0.05) is 40.5 Å². The first kappa shape index (κ1) is 40.4. The molecule has 0 radical (unpaired) electrons. The van der Waals surface area contributed by atoms with E-state index in [1.807, 2.05) is 0 Å². The molecule has 0 heterocycles. The van der Waals surface area contributed by atoms with Gasteiger partial charge >= 0.3 is 8.80 Å². The van der Waals surface area contributed by atoms with Crippen molar-refractivity contribution in [3.05, 3.63) is 0 Å². The lowest BCUT2D eigenvalue weighted by Crippen LogP contribution is -2.50. The fourth-order valence-corrected chi connectivity index (χ4v) is 19.2. The van der Waals surface area contributed by atoms with Gasteiger partial charge in [0.05, 0.1) is 12.8 Å². The van der Waals surface area contributed by atoms with E-state index in [9.17, 15) is 9.59 Å². The molecule has 0 N–H and O–H groups in total. The summed E-state index contributed by atoms with van der Waals surface area (Å²) in [5.41, 5.74) is 2.00. The molecule has 0 aliphatic heterocycles. The van der Waals surface area contributed by atoms with Gasteiger partial charge < -0.3 is 27.0 Å². The van der Waals surface area contributed by atoms with Crippen LogP contribution in [0.15, 0.2) is 0 Å². The molecule has 0 aliphatic rings. The molecule has 0 unspecified atom stereocenters. The van der Waals surface area contributed by atoms with Crippen LogP contribution in [0.5, 0.6) is 0 Å². The Morgan fingerprint density at radius 3 is 1.07 bits per heavy atom. The second kappa shape index (κ2) is 18.3. The lowest BCUT2D eigenvalue weighted by Gasteiger charge is -2.41. The molecule has 0 spiro atoms. The molecular formula is C30H65NO7Si3. The third-order valence-corrected chi connectivity index (χ3v) is 24.0. The highest BCUT2D eigenvalue weighted by Crippen LogP contribution is 2.43. The second-order valence-corrected chi connectivity index (χ2v) is 27.2. The number of rotatable bonds is 21. The standard InChI is InChI=1S/C30H65NO7Si3/c1-23(2)40(24(3)4,25(5)6)37-29(32)17-20-31(19-16-22-39(34-13,35-14)36-15)21-18-30(33)38-41(26(7)8,27(9)10)28(11)12/h23-28H,16-22H2,1-15H3. The van der Waals surface area contributed by atoms with Crippen LogP contribution in [-0.4, -0.2) is 83.2 Å². The van der Waals surface area contributed by atoms with Gasteiger partial charge in [-0.3, -0.25) is 9.59 Å². The third-order valence-electron chi connectivity index (χ3n) is 9.15.